The molecule has 0 aliphatic heterocycles. The van der Waals surface area contributed by atoms with Crippen molar-refractivity contribution in [3.8, 4) is 0 Å². The summed E-state index contributed by atoms with van der Waals surface area (Å²) < 4.78 is 13.1. The summed E-state index contributed by atoms with van der Waals surface area (Å²) in [5, 5.41) is 8.74. The number of halogens is 2. The van der Waals surface area contributed by atoms with Crippen molar-refractivity contribution in [2.24, 2.45) is 5.92 Å². The van der Waals surface area contributed by atoms with Crippen molar-refractivity contribution in [2.75, 3.05) is 0 Å². The second-order valence-electron chi connectivity index (χ2n) is 3.50. The van der Waals surface area contributed by atoms with Gasteiger partial charge in [0, 0.05) is 4.47 Å². The van der Waals surface area contributed by atoms with Gasteiger partial charge in [-0.25, -0.2) is 4.39 Å². The van der Waals surface area contributed by atoms with Crippen LogP contribution in [0.1, 0.15) is 18.1 Å². The summed E-state index contributed by atoms with van der Waals surface area (Å²) >= 11 is 3.25. The Morgan fingerprint density at radius 1 is 1.60 bits per heavy atom. The highest BCUT2D eigenvalue weighted by molar-refractivity contribution is 9.10. The van der Waals surface area contributed by atoms with Crippen LogP contribution in [0.3, 0.4) is 0 Å². The summed E-state index contributed by atoms with van der Waals surface area (Å²) in [4.78, 5) is 10.6. The molecule has 0 heterocycles. The average molecular weight is 275 g/mol. The fourth-order valence-corrected chi connectivity index (χ4v) is 1.80. The Labute approximate surface area is 96.2 Å². The van der Waals surface area contributed by atoms with Gasteiger partial charge in [-0.15, -0.1) is 0 Å². The molecular formula is C11H12BrFO2. The van der Waals surface area contributed by atoms with E-state index in [0.717, 1.165) is 5.56 Å². The number of carbonyl (C=O) groups is 1. The lowest BCUT2D eigenvalue weighted by Crippen LogP contribution is -2.12. The van der Waals surface area contributed by atoms with E-state index in [1.165, 1.54) is 0 Å². The van der Waals surface area contributed by atoms with Crippen molar-refractivity contribution >= 4 is 21.9 Å². The van der Waals surface area contributed by atoms with Crippen LogP contribution in [0.15, 0.2) is 22.7 Å². The Balaban J connectivity index is 2.79. The number of hydrogen-bond donors (Lipinski definition) is 1. The number of rotatable bonds is 4. The van der Waals surface area contributed by atoms with Crippen LogP contribution < -0.4 is 0 Å². The minimum absolute atomic E-state index is 0.423. The van der Waals surface area contributed by atoms with E-state index in [0.29, 0.717) is 16.5 Å². The quantitative estimate of drug-likeness (QED) is 0.916. The highest BCUT2D eigenvalue weighted by Gasteiger charge is 2.12. The van der Waals surface area contributed by atoms with E-state index in [2.05, 4.69) is 15.9 Å². The molecule has 1 aromatic carbocycles. The lowest BCUT2D eigenvalue weighted by atomic mass is 10.0. The van der Waals surface area contributed by atoms with Crippen LogP contribution in [0.25, 0.3) is 0 Å². The smallest absolute Gasteiger partial charge is 0.306 e. The summed E-state index contributed by atoms with van der Waals surface area (Å²) in [6.45, 7) is 1.13. The van der Waals surface area contributed by atoms with Gasteiger partial charge in [0.2, 0.25) is 0 Å². The Morgan fingerprint density at radius 3 is 2.73 bits per heavy atom. The summed E-state index contributed by atoms with van der Waals surface area (Å²) in [7, 11) is 0. The van der Waals surface area contributed by atoms with Crippen molar-refractivity contribution in [3.63, 3.8) is 0 Å². The van der Waals surface area contributed by atoms with Crippen LogP contribution >= 0.6 is 15.9 Å². The second-order valence-corrected chi connectivity index (χ2v) is 4.36. The minimum atomic E-state index is -0.819. The molecule has 0 fully saturated rings. The normalized spacial score (nSPS) is 12.5. The summed E-state index contributed by atoms with van der Waals surface area (Å²) in [5.74, 6) is -1.24. The van der Waals surface area contributed by atoms with E-state index < -0.39 is 18.6 Å². The lowest BCUT2D eigenvalue weighted by Gasteiger charge is -2.08. The van der Waals surface area contributed by atoms with Gasteiger partial charge in [0.05, 0.1) is 5.92 Å². The maximum atomic E-state index is 12.4. The van der Waals surface area contributed by atoms with Crippen molar-refractivity contribution in [3.05, 3.63) is 33.8 Å². The van der Waals surface area contributed by atoms with Crippen molar-refractivity contribution in [1.29, 1.82) is 0 Å². The molecule has 0 saturated carbocycles. The molecule has 0 radical (unpaired) electrons. The number of carboxylic acids is 1. The number of aliphatic carboxylic acids is 1. The molecule has 0 bridgehead atoms. The predicted octanol–water partition coefficient (Wildman–Crippen LogP) is 3.18. The van der Waals surface area contributed by atoms with Gasteiger partial charge in [-0.3, -0.25) is 4.79 Å². The molecule has 1 atom stereocenters. The molecule has 1 aromatic rings. The van der Waals surface area contributed by atoms with Gasteiger partial charge in [-0.05, 0) is 23.6 Å². The molecule has 1 unspecified atom stereocenters. The summed E-state index contributed by atoms with van der Waals surface area (Å²) in [5.41, 5.74) is 1.48. The lowest BCUT2D eigenvalue weighted by molar-refractivity contribution is -0.141. The van der Waals surface area contributed by atoms with Gasteiger partial charge in [0.25, 0.3) is 0 Å². The minimum Gasteiger partial charge on any atom is -0.481 e. The zero-order valence-electron chi connectivity index (χ0n) is 8.34. The predicted molar refractivity (Wildman–Crippen MR) is 59.5 cm³/mol. The highest BCUT2D eigenvalue weighted by Crippen LogP contribution is 2.21. The van der Waals surface area contributed by atoms with Gasteiger partial charge < -0.3 is 5.11 Å². The van der Waals surface area contributed by atoms with Crippen molar-refractivity contribution in [2.45, 2.75) is 20.0 Å². The number of carboxylic acid groups (broad SMARTS) is 1. The molecule has 0 aromatic heterocycles. The molecule has 0 spiro atoms. The third-order valence-corrected chi connectivity index (χ3v) is 2.96. The van der Waals surface area contributed by atoms with Crippen LogP contribution in [0, 0.1) is 5.92 Å². The Hall–Kier alpha value is -0.900. The third kappa shape index (κ3) is 3.30. The fraction of sp³-hybridized carbons (Fsp3) is 0.364. The highest BCUT2D eigenvalue weighted by atomic mass is 79.9. The standard InChI is InChI=1S/C11H12BrFO2/c1-7(11(14)15)4-8-2-3-9(6-13)10(12)5-8/h2-3,5,7H,4,6H2,1H3,(H,14,15). The van der Waals surface area contributed by atoms with E-state index in [9.17, 15) is 9.18 Å². The monoisotopic (exact) mass is 274 g/mol. The zero-order chi connectivity index (χ0) is 11.4. The Morgan fingerprint density at radius 2 is 2.27 bits per heavy atom. The van der Waals surface area contributed by atoms with Gasteiger partial charge in [-0.2, -0.15) is 0 Å². The van der Waals surface area contributed by atoms with E-state index in [1.54, 1.807) is 25.1 Å². The number of hydrogen-bond acceptors (Lipinski definition) is 1. The van der Waals surface area contributed by atoms with Crippen LogP contribution in [-0.2, 0) is 17.9 Å². The van der Waals surface area contributed by atoms with Crippen LogP contribution in [0.2, 0.25) is 0 Å². The molecule has 0 aliphatic carbocycles. The van der Waals surface area contributed by atoms with Crippen LogP contribution in [-0.4, -0.2) is 11.1 Å². The number of benzene rings is 1. The van der Waals surface area contributed by atoms with Crippen LogP contribution in [0.5, 0.6) is 0 Å². The first-order valence-electron chi connectivity index (χ1n) is 4.60. The molecule has 4 heteroatoms. The molecule has 1 N–H and O–H groups in total. The SMILES string of the molecule is CC(Cc1ccc(CF)c(Br)c1)C(=O)O. The molecular weight excluding hydrogens is 263 g/mol. The van der Waals surface area contributed by atoms with Gasteiger partial charge in [0.1, 0.15) is 6.67 Å². The van der Waals surface area contributed by atoms with Crippen LogP contribution in [0.4, 0.5) is 4.39 Å². The molecule has 1 rings (SSSR count). The Bertz CT molecular complexity index is 366. The first-order chi connectivity index (χ1) is 7.04. The van der Waals surface area contributed by atoms with Crippen molar-refractivity contribution < 1.29 is 14.3 Å². The largest absolute Gasteiger partial charge is 0.481 e. The van der Waals surface area contributed by atoms with Crippen molar-refractivity contribution in [1.82, 2.24) is 0 Å². The van der Waals surface area contributed by atoms with E-state index in [-0.39, 0.29) is 0 Å². The van der Waals surface area contributed by atoms with E-state index >= 15 is 0 Å². The molecule has 82 valence electrons. The molecule has 0 aliphatic rings. The van der Waals surface area contributed by atoms with E-state index in [1.807, 2.05) is 0 Å². The van der Waals surface area contributed by atoms with E-state index in [4.69, 9.17) is 5.11 Å². The van der Waals surface area contributed by atoms with Gasteiger partial charge in [0.15, 0.2) is 0 Å². The second kappa shape index (κ2) is 5.26. The average Bonchev–Trinajstić information content (AvgIpc) is 2.18. The fourth-order valence-electron chi connectivity index (χ4n) is 1.27. The number of alkyl halides is 1. The molecule has 0 amide bonds. The first kappa shape index (κ1) is 12.2. The summed E-state index contributed by atoms with van der Waals surface area (Å²) in [6.07, 6.45) is 0.459. The maximum absolute atomic E-state index is 12.4. The molecule has 0 saturated heterocycles. The van der Waals surface area contributed by atoms with Gasteiger partial charge in [-0.1, -0.05) is 35.0 Å². The molecule has 2 nitrogen and oxygen atoms in total. The van der Waals surface area contributed by atoms with Gasteiger partial charge >= 0.3 is 5.97 Å². The molecule has 15 heavy (non-hydrogen) atoms. The first-order valence-corrected chi connectivity index (χ1v) is 5.40. The topological polar surface area (TPSA) is 37.3 Å². The third-order valence-electron chi connectivity index (χ3n) is 2.22. The summed E-state index contributed by atoms with van der Waals surface area (Å²) in [6, 6.07) is 5.21. The maximum Gasteiger partial charge on any atom is 0.306 e. The Kier molecular flexibility index (Phi) is 4.27. The zero-order valence-corrected chi connectivity index (χ0v) is 9.92.